The van der Waals surface area contributed by atoms with Crippen LogP contribution in [0, 0.1) is 0 Å². The molecule has 0 unspecified atom stereocenters. The Bertz CT molecular complexity index is 127. The molecule has 0 radical (unpaired) electrons. The normalized spacial score (nSPS) is 10.2. The molecule has 0 amide bonds. The fourth-order valence-corrected chi connectivity index (χ4v) is 0.774. The summed E-state index contributed by atoms with van der Waals surface area (Å²) in [5, 5.41) is 0. The molecule has 1 N–H and O–H groups in total. The second kappa shape index (κ2) is 5.28. The van der Waals surface area contributed by atoms with E-state index in [2.05, 4.69) is 0 Å². The van der Waals surface area contributed by atoms with Gasteiger partial charge in [0.2, 0.25) is 0 Å². The van der Waals surface area contributed by atoms with E-state index in [1.807, 2.05) is 0 Å². The summed E-state index contributed by atoms with van der Waals surface area (Å²) < 4.78 is 27.6. The zero-order valence-electron chi connectivity index (χ0n) is 4.09. The number of hydrogen-bond acceptors (Lipinski definition) is 2. The van der Waals surface area contributed by atoms with Crippen LogP contribution in [-0.2, 0) is 10.1 Å². The molecular formula is C3H10BaO3S. The van der Waals surface area contributed by atoms with E-state index in [1.165, 1.54) is 0 Å². The van der Waals surface area contributed by atoms with Crippen molar-refractivity contribution >= 4 is 59.0 Å². The van der Waals surface area contributed by atoms with E-state index in [9.17, 15) is 8.42 Å². The van der Waals surface area contributed by atoms with Gasteiger partial charge in [-0.05, 0) is 6.42 Å². The van der Waals surface area contributed by atoms with Crippen molar-refractivity contribution < 1.29 is 13.0 Å². The van der Waals surface area contributed by atoms with E-state index in [1.54, 1.807) is 6.92 Å². The third-order valence-electron chi connectivity index (χ3n) is 0.462. The maximum absolute atomic E-state index is 9.79. The topological polar surface area (TPSA) is 54.4 Å². The Balaban J connectivity index is 0. The molecular weight excluding hydrogens is 253 g/mol. The maximum atomic E-state index is 9.79. The summed E-state index contributed by atoms with van der Waals surface area (Å²) in [5.74, 6) is -0.132. The Morgan fingerprint density at radius 2 is 1.88 bits per heavy atom. The van der Waals surface area contributed by atoms with Crippen LogP contribution < -0.4 is 0 Å². The molecule has 0 aromatic carbocycles. The van der Waals surface area contributed by atoms with E-state index >= 15 is 0 Å². The molecule has 5 heteroatoms. The first kappa shape index (κ1) is 12.2. The Morgan fingerprint density at radius 1 is 1.50 bits per heavy atom. The van der Waals surface area contributed by atoms with Crippen molar-refractivity contribution in [1.82, 2.24) is 0 Å². The fraction of sp³-hybridized carbons (Fsp3) is 1.00. The monoisotopic (exact) mass is 264 g/mol. The SMILES string of the molecule is CCCS(=O)(=O)O.[BaH2]. The molecule has 0 saturated heterocycles. The van der Waals surface area contributed by atoms with Crippen LogP contribution in [0.15, 0.2) is 0 Å². The van der Waals surface area contributed by atoms with Crippen LogP contribution in [0.3, 0.4) is 0 Å². The van der Waals surface area contributed by atoms with E-state index in [4.69, 9.17) is 4.55 Å². The van der Waals surface area contributed by atoms with Crippen molar-refractivity contribution in [2.45, 2.75) is 13.3 Å². The summed E-state index contributed by atoms with van der Waals surface area (Å²) in [7, 11) is -3.67. The van der Waals surface area contributed by atoms with Crippen molar-refractivity contribution in [1.29, 1.82) is 0 Å². The minimum atomic E-state index is -3.67. The summed E-state index contributed by atoms with van der Waals surface area (Å²) >= 11 is 0. The predicted molar refractivity (Wildman–Crippen MR) is 35.3 cm³/mol. The van der Waals surface area contributed by atoms with Gasteiger partial charge < -0.3 is 0 Å². The average Bonchev–Trinajstić information content (AvgIpc) is 1.30. The molecule has 0 saturated carbocycles. The molecule has 8 heavy (non-hydrogen) atoms. The van der Waals surface area contributed by atoms with Gasteiger partial charge in [0, 0.05) is 0 Å². The molecule has 0 aromatic rings. The molecule has 0 rings (SSSR count). The molecule has 0 aliphatic carbocycles. The molecule has 0 fully saturated rings. The molecule has 0 aliphatic heterocycles. The van der Waals surface area contributed by atoms with Gasteiger partial charge in [-0.3, -0.25) is 4.55 Å². The summed E-state index contributed by atoms with van der Waals surface area (Å²) in [6, 6.07) is 0. The molecule has 48 valence electrons. The van der Waals surface area contributed by atoms with Crippen LogP contribution in [0.1, 0.15) is 13.3 Å². The van der Waals surface area contributed by atoms with Gasteiger partial charge in [0.05, 0.1) is 5.75 Å². The Labute approximate surface area is 89.7 Å². The molecule has 0 aromatic heterocycles. The van der Waals surface area contributed by atoms with Gasteiger partial charge in [-0.2, -0.15) is 8.42 Å². The van der Waals surface area contributed by atoms with Crippen LogP contribution in [0.5, 0.6) is 0 Å². The summed E-state index contributed by atoms with van der Waals surface area (Å²) in [4.78, 5) is 0. The molecule has 0 spiro atoms. The van der Waals surface area contributed by atoms with Gasteiger partial charge in [0.25, 0.3) is 10.1 Å². The van der Waals surface area contributed by atoms with E-state index in [0.29, 0.717) is 6.42 Å². The van der Waals surface area contributed by atoms with Crippen LogP contribution in [-0.4, -0.2) is 67.6 Å². The van der Waals surface area contributed by atoms with Gasteiger partial charge in [0.1, 0.15) is 0 Å². The van der Waals surface area contributed by atoms with E-state index in [0.717, 1.165) is 0 Å². The van der Waals surface area contributed by atoms with Crippen molar-refractivity contribution in [3.8, 4) is 0 Å². The van der Waals surface area contributed by atoms with E-state index < -0.39 is 10.1 Å². The van der Waals surface area contributed by atoms with Crippen molar-refractivity contribution in [2.75, 3.05) is 5.75 Å². The quantitative estimate of drug-likeness (QED) is 0.533. The first-order valence-corrected chi connectivity index (χ1v) is 3.62. The first-order valence-electron chi connectivity index (χ1n) is 2.01. The standard InChI is InChI=1S/C3H8O3S.Ba.2H/c1-2-3-7(4,5)6;;;/h2-3H2,1H3,(H,4,5,6);;;. The van der Waals surface area contributed by atoms with Crippen molar-refractivity contribution in [3.05, 3.63) is 0 Å². The minimum absolute atomic E-state index is 0. The second-order valence-electron chi connectivity index (χ2n) is 1.29. The Hall–Kier alpha value is 1.48. The van der Waals surface area contributed by atoms with Gasteiger partial charge in [0.15, 0.2) is 0 Å². The summed E-state index contributed by atoms with van der Waals surface area (Å²) in [6.45, 7) is 1.69. The summed E-state index contributed by atoms with van der Waals surface area (Å²) in [5.41, 5.74) is 0. The zero-order valence-corrected chi connectivity index (χ0v) is 4.90. The summed E-state index contributed by atoms with van der Waals surface area (Å²) in [6.07, 6.45) is 0.471. The molecule has 0 bridgehead atoms. The molecule has 3 nitrogen and oxygen atoms in total. The average molecular weight is 264 g/mol. The van der Waals surface area contributed by atoms with Gasteiger partial charge in [-0.1, -0.05) is 6.92 Å². The number of hydrogen-bond donors (Lipinski definition) is 1. The predicted octanol–water partition coefficient (Wildman–Crippen LogP) is -0.632. The third-order valence-corrected chi connectivity index (χ3v) is 1.39. The van der Waals surface area contributed by atoms with Crippen LogP contribution in [0.2, 0.25) is 0 Å². The van der Waals surface area contributed by atoms with Crippen LogP contribution in [0.4, 0.5) is 0 Å². The number of rotatable bonds is 2. The first-order chi connectivity index (χ1) is 3.06. The zero-order chi connectivity index (χ0) is 5.91. The third kappa shape index (κ3) is 10.5. The Morgan fingerprint density at radius 3 is 1.88 bits per heavy atom. The van der Waals surface area contributed by atoms with Crippen molar-refractivity contribution in [2.24, 2.45) is 0 Å². The van der Waals surface area contributed by atoms with Gasteiger partial charge in [-0.15, -0.1) is 0 Å². The van der Waals surface area contributed by atoms with Gasteiger partial charge in [-0.25, -0.2) is 0 Å². The van der Waals surface area contributed by atoms with Crippen molar-refractivity contribution in [3.63, 3.8) is 0 Å². The second-order valence-corrected chi connectivity index (χ2v) is 2.86. The van der Waals surface area contributed by atoms with Gasteiger partial charge >= 0.3 is 48.9 Å². The van der Waals surface area contributed by atoms with Crippen LogP contribution in [0.25, 0.3) is 0 Å². The Kier molecular flexibility index (Phi) is 8.04. The molecule has 0 heterocycles. The van der Waals surface area contributed by atoms with Crippen LogP contribution >= 0.6 is 0 Å². The van der Waals surface area contributed by atoms with E-state index in [-0.39, 0.29) is 54.6 Å². The fourth-order valence-electron chi connectivity index (χ4n) is 0.258. The molecule has 0 atom stereocenters. The molecule has 0 aliphatic rings.